The van der Waals surface area contributed by atoms with Gasteiger partial charge in [0, 0.05) is 6.61 Å². The third kappa shape index (κ3) is 4.14. The third-order valence-electron chi connectivity index (χ3n) is 3.41. The molecular weight excluding hydrogens is 198 g/mol. The number of nitrogens with zero attached hydrogens (tertiary/aromatic N) is 1. The van der Waals surface area contributed by atoms with E-state index in [-0.39, 0.29) is 12.0 Å². The fourth-order valence-electron chi connectivity index (χ4n) is 2.53. The van der Waals surface area contributed by atoms with Crippen LogP contribution in [0.15, 0.2) is 0 Å². The van der Waals surface area contributed by atoms with Crippen LogP contribution in [0, 0.1) is 29.1 Å². The summed E-state index contributed by atoms with van der Waals surface area (Å²) in [4.78, 5) is 0. The predicted molar refractivity (Wildman–Crippen MR) is 65.9 cm³/mol. The summed E-state index contributed by atoms with van der Waals surface area (Å²) in [7, 11) is 0. The highest BCUT2D eigenvalue weighted by Gasteiger charge is 2.30. The summed E-state index contributed by atoms with van der Waals surface area (Å²) in [5.74, 6) is 1.48. The predicted octanol–water partition coefficient (Wildman–Crippen LogP) is 3.77. The van der Waals surface area contributed by atoms with Crippen LogP contribution in [0.2, 0.25) is 0 Å². The molecule has 1 fully saturated rings. The zero-order valence-electron chi connectivity index (χ0n) is 10.9. The Morgan fingerprint density at radius 2 is 2.12 bits per heavy atom. The molecule has 0 N–H and O–H groups in total. The average Bonchev–Trinajstić information content (AvgIpc) is 2.27. The highest BCUT2D eigenvalue weighted by atomic mass is 16.5. The molecule has 0 aliphatic heterocycles. The monoisotopic (exact) mass is 223 g/mol. The Bertz CT molecular complexity index is 231. The summed E-state index contributed by atoms with van der Waals surface area (Å²) in [6.45, 7) is 7.35. The summed E-state index contributed by atoms with van der Waals surface area (Å²) in [6, 6.07) is 2.42. The van der Waals surface area contributed by atoms with Gasteiger partial charge in [0.25, 0.3) is 0 Å². The molecule has 92 valence electrons. The number of rotatable bonds is 5. The average molecular weight is 223 g/mol. The number of hydrogen-bond acceptors (Lipinski definition) is 2. The van der Waals surface area contributed by atoms with E-state index in [9.17, 15) is 0 Å². The van der Waals surface area contributed by atoms with Crippen LogP contribution < -0.4 is 0 Å². The third-order valence-corrected chi connectivity index (χ3v) is 3.41. The maximum Gasteiger partial charge on any atom is 0.0735 e. The van der Waals surface area contributed by atoms with Crippen molar-refractivity contribution in [3.8, 4) is 6.07 Å². The van der Waals surface area contributed by atoms with Crippen LogP contribution in [0.4, 0.5) is 0 Å². The summed E-state index contributed by atoms with van der Waals surface area (Å²) >= 11 is 0. The van der Waals surface area contributed by atoms with E-state index < -0.39 is 0 Å². The standard InChI is InChI=1S/C14H25NO/c1-4-5-12-6-7-13(9-15)14(8-12)16-10-11(2)3/h11-14H,4-8,10H2,1-3H3. The Hall–Kier alpha value is -0.550. The van der Waals surface area contributed by atoms with Crippen LogP contribution in [0.1, 0.15) is 52.9 Å². The molecule has 16 heavy (non-hydrogen) atoms. The molecule has 3 atom stereocenters. The molecule has 0 heterocycles. The Kier molecular flexibility index (Phi) is 5.84. The van der Waals surface area contributed by atoms with Gasteiger partial charge in [-0.25, -0.2) is 0 Å². The highest BCUT2D eigenvalue weighted by Crippen LogP contribution is 2.33. The smallest absolute Gasteiger partial charge is 0.0735 e. The van der Waals surface area contributed by atoms with Gasteiger partial charge in [0.15, 0.2) is 0 Å². The Morgan fingerprint density at radius 1 is 1.38 bits per heavy atom. The normalized spacial score (nSPS) is 30.3. The first kappa shape index (κ1) is 13.5. The van der Waals surface area contributed by atoms with Crippen LogP contribution in [-0.2, 0) is 4.74 Å². The van der Waals surface area contributed by atoms with Gasteiger partial charge in [0.2, 0.25) is 0 Å². The zero-order valence-corrected chi connectivity index (χ0v) is 10.9. The second-order valence-electron chi connectivity index (χ2n) is 5.47. The van der Waals surface area contributed by atoms with Crippen molar-refractivity contribution in [2.75, 3.05) is 6.61 Å². The van der Waals surface area contributed by atoms with Gasteiger partial charge in [-0.05, 0) is 31.1 Å². The number of hydrogen-bond donors (Lipinski definition) is 0. The van der Waals surface area contributed by atoms with Gasteiger partial charge in [0.1, 0.15) is 0 Å². The molecule has 0 spiro atoms. The van der Waals surface area contributed by atoms with Crippen molar-refractivity contribution in [3.63, 3.8) is 0 Å². The largest absolute Gasteiger partial charge is 0.377 e. The fourth-order valence-corrected chi connectivity index (χ4v) is 2.53. The zero-order chi connectivity index (χ0) is 12.0. The van der Waals surface area contributed by atoms with E-state index in [1.165, 1.54) is 19.3 Å². The van der Waals surface area contributed by atoms with Crippen LogP contribution in [0.25, 0.3) is 0 Å². The highest BCUT2D eigenvalue weighted by molar-refractivity contribution is 4.93. The Labute approximate surface area is 100.0 Å². The molecule has 0 aromatic heterocycles. The van der Waals surface area contributed by atoms with Crippen LogP contribution in [0.5, 0.6) is 0 Å². The molecule has 2 heteroatoms. The molecule has 0 aromatic rings. The van der Waals surface area contributed by atoms with Crippen molar-refractivity contribution >= 4 is 0 Å². The molecule has 1 saturated carbocycles. The molecule has 1 aliphatic rings. The van der Waals surface area contributed by atoms with Crippen LogP contribution >= 0.6 is 0 Å². The minimum atomic E-state index is 0.131. The van der Waals surface area contributed by atoms with Gasteiger partial charge < -0.3 is 4.74 Å². The fraction of sp³-hybridized carbons (Fsp3) is 0.929. The summed E-state index contributed by atoms with van der Waals surface area (Å²) < 4.78 is 5.90. The second kappa shape index (κ2) is 6.91. The molecule has 1 rings (SSSR count). The molecule has 0 bridgehead atoms. The molecule has 0 aromatic carbocycles. The number of ether oxygens (including phenoxy) is 1. The van der Waals surface area contributed by atoms with E-state index in [1.54, 1.807) is 0 Å². The van der Waals surface area contributed by atoms with Gasteiger partial charge in [-0.3, -0.25) is 0 Å². The van der Waals surface area contributed by atoms with Crippen molar-refractivity contribution in [3.05, 3.63) is 0 Å². The van der Waals surface area contributed by atoms with Crippen LogP contribution in [-0.4, -0.2) is 12.7 Å². The first-order valence-corrected chi connectivity index (χ1v) is 6.68. The lowest BCUT2D eigenvalue weighted by atomic mass is 9.78. The number of nitriles is 1. The van der Waals surface area contributed by atoms with E-state index in [0.29, 0.717) is 5.92 Å². The Balaban J connectivity index is 2.44. The SMILES string of the molecule is CCCC1CCC(C#N)C(OCC(C)C)C1. The van der Waals surface area contributed by atoms with Gasteiger partial charge in [-0.15, -0.1) is 0 Å². The second-order valence-corrected chi connectivity index (χ2v) is 5.47. The minimum Gasteiger partial charge on any atom is -0.377 e. The first-order valence-electron chi connectivity index (χ1n) is 6.68. The van der Waals surface area contributed by atoms with Crippen molar-refractivity contribution < 1.29 is 4.74 Å². The Morgan fingerprint density at radius 3 is 2.69 bits per heavy atom. The van der Waals surface area contributed by atoms with E-state index in [0.717, 1.165) is 25.4 Å². The minimum absolute atomic E-state index is 0.131. The molecule has 0 radical (unpaired) electrons. The van der Waals surface area contributed by atoms with E-state index in [4.69, 9.17) is 10.00 Å². The van der Waals surface area contributed by atoms with Gasteiger partial charge in [-0.2, -0.15) is 5.26 Å². The quantitative estimate of drug-likeness (QED) is 0.711. The maximum atomic E-state index is 9.11. The van der Waals surface area contributed by atoms with E-state index in [1.807, 2.05) is 0 Å². The lowest BCUT2D eigenvalue weighted by Gasteiger charge is -2.33. The molecular formula is C14H25NO. The molecule has 2 nitrogen and oxygen atoms in total. The molecule has 0 amide bonds. The van der Waals surface area contributed by atoms with Gasteiger partial charge >= 0.3 is 0 Å². The summed E-state index contributed by atoms with van der Waals surface area (Å²) in [6.07, 6.45) is 6.08. The molecule has 3 unspecified atom stereocenters. The lowest BCUT2D eigenvalue weighted by molar-refractivity contribution is -0.0221. The van der Waals surface area contributed by atoms with E-state index in [2.05, 4.69) is 26.8 Å². The summed E-state index contributed by atoms with van der Waals surface area (Å²) in [5.41, 5.74) is 0. The molecule has 1 aliphatic carbocycles. The van der Waals surface area contributed by atoms with Crippen molar-refractivity contribution in [1.82, 2.24) is 0 Å². The van der Waals surface area contributed by atoms with E-state index >= 15 is 0 Å². The van der Waals surface area contributed by atoms with Gasteiger partial charge in [0.05, 0.1) is 18.1 Å². The van der Waals surface area contributed by atoms with Crippen molar-refractivity contribution in [2.24, 2.45) is 17.8 Å². The van der Waals surface area contributed by atoms with Crippen molar-refractivity contribution in [2.45, 2.75) is 59.0 Å². The summed E-state index contributed by atoms with van der Waals surface area (Å²) in [5, 5.41) is 9.11. The lowest BCUT2D eigenvalue weighted by Crippen LogP contribution is -2.32. The maximum absolute atomic E-state index is 9.11. The van der Waals surface area contributed by atoms with Crippen molar-refractivity contribution in [1.29, 1.82) is 5.26 Å². The van der Waals surface area contributed by atoms with Crippen LogP contribution in [0.3, 0.4) is 0 Å². The van der Waals surface area contributed by atoms with Gasteiger partial charge in [-0.1, -0.05) is 33.6 Å². The first-order chi connectivity index (χ1) is 7.67. The topological polar surface area (TPSA) is 33.0 Å². The molecule has 0 saturated heterocycles.